The van der Waals surface area contributed by atoms with Gasteiger partial charge in [0, 0.05) is 25.3 Å². The molecule has 1 aromatic carbocycles. The molecule has 1 unspecified atom stereocenters. The van der Waals surface area contributed by atoms with Gasteiger partial charge in [0.1, 0.15) is 22.7 Å². The molecule has 5 rings (SSSR count). The van der Waals surface area contributed by atoms with E-state index in [1.54, 1.807) is 11.7 Å². The van der Waals surface area contributed by atoms with Gasteiger partial charge in [-0.05, 0) is 60.2 Å². The monoisotopic (exact) mass is 591 g/mol. The molecule has 198 valence electrons. The molecule has 0 aliphatic carbocycles. The van der Waals surface area contributed by atoms with E-state index < -0.39 is 23.4 Å². The van der Waals surface area contributed by atoms with Crippen LogP contribution in [0.2, 0.25) is 0 Å². The van der Waals surface area contributed by atoms with E-state index in [-0.39, 0.29) is 18.6 Å². The van der Waals surface area contributed by atoms with E-state index in [1.165, 1.54) is 11.3 Å². The summed E-state index contributed by atoms with van der Waals surface area (Å²) in [4.78, 5) is 41.0. The third kappa shape index (κ3) is 5.01. The number of aromatic nitrogens is 2. The molecule has 0 radical (unpaired) electrons. The lowest BCUT2D eigenvalue weighted by atomic mass is 10.1. The van der Waals surface area contributed by atoms with Crippen LogP contribution in [0.5, 0.6) is 5.75 Å². The fourth-order valence-corrected chi connectivity index (χ4v) is 6.82. The van der Waals surface area contributed by atoms with Crippen molar-refractivity contribution in [3.8, 4) is 5.75 Å². The van der Waals surface area contributed by atoms with Crippen LogP contribution in [-0.2, 0) is 20.8 Å². The molecule has 1 N–H and O–H groups in total. The Hall–Kier alpha value is -2.47. The Kier molecular flexibility index (Phi) is 7.85. The topological polar surface area (TPSA) is 101 Å². The lowest BCUT2D eigenvalue weighted by Gasteiger charge is -2.30. The van der Waals surface area contributed by atoms with Gasteiger partial charge in [-0.1, -0.05) is 18.2 Å². The second-order valence-electron chi connectivity index (χ2n) is 9.38. The van der Waals surface area contributed by atoms with E-state index in [1.807, 2.05) is 31.2 Å². The number of hydrogen-bond acceptors (Lipinski definition) is 7. The number of fused-ring (bicyclic) bond motifs is 1. The Balaban J connectivity index is 1.67. The average Bonchev–Trinajstić information content (AvgIpc) is 3.21. The van der Waals surface area contributed by atoms with Crippen molar-refractivity contribution in [1.82, 2.24) is 14.5 Å². The SMILES string of the molecule is COc1ccccc1[C@H](Cn1c(=O)n(C2CCCNC2=O)c(=O)c2c(C)c(Br)sc21)OC1CCOCC1. The molecule has 37 heavy (non-hydrogen) atoms. The normalized spacial score (nSPS) is 19.6. The maximum absolute atomic E-state index is 14.0. The number of hydrogen-bond donors (Lipinski definition) is 1. The van der Waals surface area contributed by atoms with Crippen LogP contribution >= 0.6 is 27.3 Å². The molecule has 2 aromatic heterocycles. The van der Waals surface area contributed by atoms with Crippen LogP contribution in [0.1, 0.15) is 49.0 Å². The third-order valence-electron chi connectivity index (χ3n) is 7.11. The highest BCUT2D eigenvalue weighted by molar-refractivity contribution is 9.11. The van der Waals surface area contributed by atoms with Gasteiger partial charge in [-0.25, -0.2) is 9.36 Å². The molecule has 0 saturated carbocycles. The van der Waals surface area contributed by atoms with Crippen LogP contribution in [-0.4, -0.2) is 48.0 Å². The summed E-state index contributed by atoms with van der Waals surface area (Å²) in [7, 11) is 1.61. The average molecular weight is 593 g/mol. The predicted molar refractivity (Wildman–Crippen MR) is 145 cm³/mol. The van der Waals surface area contributed by atoms with E-state index in [0.29, 0.717) is 48.6 Å². The lowest BCUT2D eigenvalue weighted by molar-refractivity contribution is -0.126. The van der Waals surface area contributed by atoms with E-state index in [9.17, 15) is 14.4 Å². The van der Waals surface area contributed by atoms with Gasteiger partial charge < -0.3 is 19.5 Å². The Morgan fingerprint density at radius 2 is 1.95 bits per heavy atom. The van der Waals surface area contributed by atoms with Crippen molar-refractivity contribution in [3.05, 3.63) is 60.0 Å². The summed E-state index contributed by atoms with van der Waals surface area (Å²) >= 11 is 4.90. The number of para-hydroxylation sites is 1. The molecule has 3 aromatic rings. The van der Waals surface area contributed by atoms with Crippen LogP contribution in [0.3, 0.4) is 0 Å². The summed E-state index contributed by atoms with van der Waals surface area (Å²) in [5.41, 5.74) is 0.626. The fraction of sp³-hybridized carbons (Fsp3) is 0.500. The van der Waals surface area contributed by atoms with Crippen molar-refractivity contribution in [2.24, 2.45) is 0 Å². The van der Waals surface area contributed by atoms with Crippen molar-refractivity contribution in [1.29, 1.82) is 0 Å². The maximum atomic E-state index is 14.0. The Labute approximate surface area is 226 Å². The number of nitrogens with zero attached hydrogens (tertiary/aromatic N) is 2. The first-order chi connectivity index (χ1) is 17.9. The summed E-state index contributed by atoms with van der Waals surface area (Å²) in [6.07, 6.45) is 2.08. The largest absolute Gasteiger partial charge is 0.496 e. The number of amides is 1. The number of benzene rings is 1. The minimum atomic E-state index is -0.844. The first-order valence-corrected chi connectivity index (χ1v) is 14.1. The van der Waals surface area contributed by atoms with Gasteiger partial charge >= 0.3 is 5.69 Å². The Morgan fingerprint density at radius 3 is 2.68 bits per heavy atom. The summed E-state index contributed by atoms with van der Waals surface area (Å²) in [5.74, 6) is 0.357. The van der Waals surface area contributed by atoms with Crippen molar-refractivity contribution in [2.45, 2.75) is 57.4 Å². The standard InChI is InChI=1S/C26H30BrN3O6S/c1-15-21-24(32)30(18-7-5-11-28-23(18)31)26(33)29(25(21)37-22(15)27)14-20(36-16-9-12-35-13-10-16)17-6-3-4-8-19(17)34-2/h3-4,6,8,16,18,20H,5,7,9-14H2,1-2H3,(H,28,31)/t18?,20-/m0/s1. The highest BCUT2D eigenvalue weighted by atomic mass is 79.9. The number of thiophene rings is 1. The maximum Gasteiger partial charge on any atom is 0.332 e. The van der Waals surface area contributed by atoms with Crippen molar-refractivity contribution in [3.63, 3.8) is 0 Å². The number of halogens is 1. The zero-order chi connectivity index (χ0) is 26.1. The summed E-state index contributed by atoms with van der Waals surface area (Å²) in [6, 6.07) is 6.76. The van der Waals surface area contributed by atoms with Gasteiger partial charge in [-0.15, -0.1) is 11.3 Å². The highest BCUT2D eigenvalue weighted by Gasteiger charge is 2.32. The van der Waals surface area contributed by atoms with Crippen LogP contribution in [0, 0.1) is 6.92 Å². The fourth-order valence-electron chi connectivity index (χ4n) is 5.13. The van der Waals surface area contributed by atoms with Crippen molar-refractivity contribution < 1.29 is 19.0 Å². The van der Waals surface area contributed by atoms with E-state index >= 15 is 0 Å². The van der Waals surface area contributed by atoms with Gasteiger partial charge in [0.05, 0.1) is 28.9 Å². The number of rotatable bonds is 7. The molecule has 2 atom stereocenters. The number of carbonyl (C=O) groups excluding carboxylic acids is 1. The zero-order valence-corrected chi connectivity index (χ0v) is 23.2. The predicted octanol–water partition coefficient (Wildman–Crippen LogP) is 3.69. The van der Waals surface area contributed by atoms with Crippen LogP contribution in [0.15, 0.2) is 37.6 Å². The molecule has 2 fully saturated rings. The van der Waals surface area contributed by atoms with Gasteiger partial charge in [-0.2, -0.15) is 0 Å². The minimum Gasteiger partial charge on any atom is -0.496 e. The summed E-state index contributed by atoms with van der Waals surface area (Å²) in [6.45, 7) is 3.78. The molecule has 0 spiro atoms. The zero-order valence-electron chi connectivity index (χ0n) is 20.8. The third-order valence-corrected chi connectivity index (χ3v) is 9.30. The smallest absolute Gasteiger partial charge is 0.332 e. The van der Waals surface area contributed by atoms with Crippen molar-refractivity contribution >= 4 is 43.4 Å². The second-order valence-corrected chi connectivity index (χ2v) is 11.7. The number of ether oxygens (including phenoxy) is 3. The van der Waals surface area contributed by atoms with Crippen LogP contribution in [0.4, 0.5) is 0 Å². The minimum absolute atomic E-state index is 0.0401. The molecule has 2 aliphatic rings. The Bertz CT molecular complexity index is 1420. The van der Waals surface area contributed by atoms with Crippen LogP contribution < -0.4 is 21.3 Å². The van der Waals surface area contributed by atoms with E-state index in [2.05, 4.69) is 21.2 Å². The second kappa shape index (κ2) is 11.1. The van der Waals surface area contributed by atoms with Gasteiger partial charge in [0.15, 0.2) is 0 Å². The molecule has 9 nitrogen and oxygen atoms in total. The quantitative estimate of drug-likeness (QED) is 0.450. The number of piperidine rings is 1. The van der Waals surface area contributed by atoms with Crippen molar-refractivity contribution in [2.75, 3.05) is 26.9 Å². The van der Waals surface area contributed by atoms with Gasteiger partial charge in [0.25, 0.3) is 5.56 Å². The van der Waals surface area contributed by atoms with E-state index in [4.69, 9.17) is 14.2 Å². The summed E-state index contributed by atoms with van der Waals surface area (Å²) in [5, 5.41) is 3.25. The molecule has 2 saturated heterocycles. The van der Waals surface area contributed by atoms with Gasteiger partial charge in [0.2, 0.25) is 5.91 Å². The molecular weight excluding hydrogens is 562 g/mol. The van der Waals surface area contributed by atoms with E-state index in [0.717, 1.165) is 32.3 Å². The number of carbonyl (C=O) groups is 1. The molecule has 11 heteroatoms. The number of nitrogens with one attached hydrogen (secondary N) is 1. The molecular formula is C26H30BrN3O6S. The molecule has 0 bridgehead atoms. The van der Waals surface area contributed by atoms with Gasteiger partial charge in [-0.3, -0.25) is 14.2 Å². The number of methoxy groups -OCH3 is 1. The molecule has 1 amide bonds. The Morgan fingerprint density at radius 1 is 1.19 bits per heavy atom. The molecule has 2 aliphatic heterocycles. The summed E-state index contributed by atoms with van der Waals surface area (Å²) < 4.78 is 21.3. The van der Waals surface area contributed by atoms with Crippen LogP contribution in [0.25, 0.3) is 10.2 Å². The lowest BCUT2D eigenvalue weighted by Crippen LogP contribution is -2.49. The molecule has 4 heterocycles. The first-order valence-electron chi connectivity index (χ1n) is 12.5. The highest BCUT2D eigenvalue weighted by Crippen LogP contribution is 2.36. The first kappa shape index (κ1) is 26.1. The number of aryl methyl sites for hydroxylation is 1.